The minimum absolute atomic E-state index is 0.0241. The second-order valence-electron chi connectivity index (χ2n) is 11.3. The average molecular weight is 682 g/mol. The predicted octanol–water partition coefficient (Wildman–Crippen LogP) is 5.12. The topological polar surface area (TPSA) is 171 Å². The van der Waals surface area contributed by atoms with Crippen molar-refractivity contribution in [3.63, 3.8) is 0 Å². The van der Waals surface area contributed by atoms with Crippen LogP contribution in [-0.2, 0) is 17.9 Å². The Morgan fingerprint density at radius 3 is 2.52 bits per heavy atom. The zero-order valence-electron chi connectivity index (χ0n) is 26.9. The third-order valence-corrected chi connectivity index (χ3v) is 8.82. The average Bonchev–Trinajstić information content (AvgIpc) is 3.74. The molecule has 15 nitrogen and oxygen atoms in total. The molecule has 1 aliphatic heterocycles. The normalized spacial score (nSPS) is 18.8. The molecule has 0 spiro atoms. The molecule has 0 radical (unpaired) electrons. The van der Waals surface area contributed by atoms with E-state index in [-0.39, 0.29) is 35.5 Å². The van der Waals surface area contributed by atoms with Crippen molar-refractivity contribution < 1.29 is 43.3 Å². The van der Waals surface area contributed by atoms with E-state index in [2.05, 4.69) is 15.5 Å². The summed E-state index contributed by atoms with van der Waals surface area (Å²) in [6.45, 7) is 3.41. The number of fused-ring (bicyclic) bond motifs is 4. The van der Waals surface area contributed by atoms with Crippen molar-refractivity contribution in [3.05, 3.63) is 68.5 Å². The van der Waals surface area contributed by atoms with Crippen LogP contribution in [0.4, 0.5) is 5.69 Å². The Balaban J connectivity index is 1.49. The van der Waals surface area contributed by atoms with E-state index in [0.29, 0.717) is 63.3 Å². The number of nitrogens with zero attached hydrogens (tertiary/aromatic N) is 5. The number of oxime groups is 1. The molecule has 6 rings (SSSR count). The maximum atomic E-state index is 12.2. The van der Waals surface area contributed by atoms with Gasteiger partial charge in [-0.3, -0.25) is 10.1 Å². The summed E-state index contributed by atoms with van der Waals surface area (Å²) in [6, 6.07) is 7.57. The van der Waals surface area contributed by atoms with E-state index < -0.39 is 16.4 Å². The van der Waals surface area contributed by atoms with E-state index in [1.807, 2.05) is 13.0 Å². The van der Waals surface area contributed by atoms with Crippen LogP contribution in [0.1, 0.15) is 30.7 Å². The van der Waals surface area contributed by atoms with Crippen molar-refractivity contribution in [1.29, 1.82) is 0 Å². The molecule has 2 aliphatic rings. The summed E-state index contributed by atoms with van der Waals surface area (Å²) >= 11 is 6.29. The number of hydrogen-bond donors (Lipinski definition) is 1. The standard InChI is InChI=1S/C32H32ClN5O10/c1-16-9-17-10-24-28(47-15-46-24)29(44-5)25(17)26-20(12-23(42-3)27(43-4)30(26)45-6)31(32(16,2)39)35-48-14-18-13-37(36-34-18)22-11-19(38(40)41)7-8-21(22)33/h7-8,10-13,16,39H,9,14-15H2,1-6H3/b35-31+/t16-,32+/m0/s1. The quantitative estimate of drug-likeness (QED) is 0.183. The zero-order valence-corrected chi connectivity index (χ0v) is 27.7. The number of ether oxygens (including phenoxy) is 6. The number of non-ortho nitro benzene ring substituents is 1. The fourth-order valence-electron chi connectivity index (χ4n) is 5.90. The molecule has 2 heterocycles. The Labute approximate surface area is 279 Å². The second-order valence-corrected chi connectivity index (χ2v) is 11.7. The summed E-state index contributed by atoms with van der Waals surface area (Å²) in [6.07, 6.45) is 1.89. The number of methoxy groups -OCH3 is 4. The van der Waals surface area contributed by atoms with Crippen molar-refractivity contribution in [2.45, 2.75) is 32.5 Å². The number of halogens is 1. The second kappa shape index (κ2) is 12.7. The van der Waals surface area contributed by atoms with E-state index in [0.717, 1.165) is 5.56 Å². The zero-order chi connectivity index (χ0) is 34.3. The molecule has 3 aromatic carbocycles. The number of hydrogen-bond acceptors (Lipinski definition) is 13. The van der Waals surface area contributed by atoms with Gasteiger partial charge in [-0.1, -0.05) is 28.9 Å². The Morgan fingerprint density at radius 1 is 1.08 bits per heavy atom. The molecular formula is C32H32ClN5O10. The highest BCUT2D eigenvalue weighted by molar-refractivity contribution is 6.32. The summed E-state index contributed by atoms with van der Waals surface area (Å²) in [4.78, 5) is 16.6. The largest absolute Gasteiger partial charge is 0.493 e. The summed E-state index contributed by atoms with van der Waals surface area (Å²) in [5, 5.41) is 36.4. The van der Waals surface area contributed by atoms with Gasteiger partial charge >= 0.3 is 0 Å². The number of aliphatic hydroxyl groups is 1. The number of nitro benzene ring substituents is 1. The SMILES string of the molecule is COc1cc2c(c(OC)c1OC)-c1c(cc3c(c1OC)OCO3)C[C@H](C)[C@@](C)(O)/C2=N/OCc1cn(-c2cc([N+](=O)[O-])ccc2Cl)nn1. The predicted molar refractivity (Wildman–Crippen MR) is 172 cm³/mol. The number of aromatic nitrogens is 3. The molecule has 4 aromatic rings. The summed E-state index contributed by atoms with van der Waals surface area (Å²) < 4.78 is 36.2. The molecule has 0 saturated carbocycles. The fraction of sp³-hybridized carbons (Fsp3) is 0.344. The van der Waals surface area contributed by atoms with Crippen LogP contribution in [0.25, 0.3) is 16.8 Å². The molecule has 0 bridgehead atoms. The fourth-order valence-corrected chi connectivity index (χ4v) is 6.10. The first-order chi connectivity index (χ1) is 23.0. The van der Waals surface area contributed by atoms with Gasteiger partial charge in [0.15, 0.2) is 29.6 Å². The van der Waals surface area contributed by atoms with Crippen molar-refractivity contribution in [3.8, 4) is 51.3 Å². The lowest BCUT2D eigenvalue weighted by Crippen LogP contribution is -2.44. The van der Waals surface area contributed by atoms with Crippen molar-refractivity contribution >= 4 is 23.0 Å². The van der Waals surface area contributed by atoms with E-state index in [1.165, 1.54) is 57.5 Å². The van der Waals surface area contributed by atoms with E-state index in [4.69, 9.17) is 44.9 Å². The molecule has 2 atom stereocenters. The highest BCUT2D eigenvalue weighted by Crippen LogP contribution is 2.57. The van der Waals surface area contributed by atoms with E-state index >= 15 is 0 Å². The minimum Gasteiger partial charge on any atom is -0.493 e. The lowest BCUT2D eigenvalue weighted by Gasteiger charge is -2.36. The van der Waals surface area contributed by atoms with Gasteiger partial charge in [-0.25, -0.2) is 4.68 Å². The number of nitro groups is 1. The Kier molecular flexibility index (Phi) is 8.66. The first-order valence-corrected chi connectivity index (χ1v) is 15.0. The van der Waals surface area contributed by atoms with Crippen molar-refractivity contribution in [2.24, 2.45) is 11.1 Å². The Hall–Kier alpha value is -5.28. The molecule has 16 heteroatoms. The molecule has 0 fully saturated rings. The minimum atomic E-state index is -1.56. The van der Waals surface area contributed by atoms with Crippen LogP contribution in [0.2, 0.25) is 5.02 Å². The van der Waals surface area contributed by atoms with Gasteiger partial charge in [0.1, 0.15) is 17.0 Å². The van der Waals surface area contributed by atoms with Crippen molar-refractivity contribution in [1.82, 2.24) is 15.0 Å². The Bertz CT molecular complexity index is 1940. The van der Waals surface area contributed by atoms with Gasteiger partial charge < -0.3 is 38.4 Å². The molecule has 0 saturated heterocycles. The molecule has 0 unspecified atom stereocenters. The van der Waals surface area contributed by atoms with Crippen LogP contribution in [0.3, 0.4) is 0 Å². The van der Waals surface area contributed by atoms with Gasteiger partial charge in [-0.15, -0.1) is 5.10 Å². The van der Waals surface area contributed by atoms with Crippen LogP contribution < -0.4 is 28.4 Å². The van der Waals surface area contributed by atoms with Crippen LogP contribution in [-0.4, -0.2) is 71.6 Å². The first-order valence-electron chi connectivity index (χ1n) is 14.6. The molecular weight excluding hydrogens is 650 g/mol. The van der Waals surface area contributed by atoms with Crippen LogP contribution in [0, 0.1) is 16.0 Å². The van der Waals surface area contributed by atoms with Crippen molar-refractivity contribution in [2.75, 3.05) is 35.2 Å². The summed E-state index contributed by atoms with van der Waals surface area (Å²) in [5.41, 5.74) is 1.44. The van der Waals surface area contributed by atoms with Gasteiger partial charge in [0, 0.05) is 28.8 Å². The lowest BCUT2D eigenvalue weighted by molar-refractivity contribution is -0.384. The maximum absolute atomic E-state index is 12.2. The van der Waals surface area contributed by atoms with E-state index in [9.17, 15) is 15.2 Å². The molecule has 1 N–H and O–H groups in total. The highest BCUT2D eigenvalue weighted by Gasteiger charge is 2.43. The molecule has 1 aliphatic carbocycles. The van der Waals surface area contributed by atoms with Gasteiger partial charge in [0.05, 0.1) is 50.3 Å². The molecule has 0 amide bonds. The third kappa shape index (κ3) is 5.44. The smallest absolute Gasteiger partial charge is 0.271 e. The first kappa shape index (κ1) is 32.7. The highest BCUT2D eigenvalue weighted by atomic mass is 35.5. The number of rotatable bonds is 9. The molecule has 252 valence electrons. The summed E-state index contributed by atoms with van der Waals surface area (Å²) in [7, 11) is 6.03. The van der Waals surface area contributed by atoms with Gasteiger partial charge in [0.25, 0.3) is 5.69 Å². The Morgan fingerprint density at radius 2 is 1.83 bits per heavy atom. The molecule has 48 heavy (non-hydrogen) atoms. The number of benzene rings is 3. The molecule has 1 aromatic heterocycles. The van der Waals surface area contributed by atoms with E-state index in [1.54, 1.807) is 13.0 Å². The maximum Gasteiger partial charge on any atom is 0.271 e. The summed E-state index contributed by atoms with van der Waals surface area (Å²) in [5.74, 6) is 1.90. The van der Waals surface area contributed by atoms with Gasteiger partial charge in [-0.2, -0.15) is 0 Å². The monoisotopic (exact) mass is 681 g/mol. The van der Waals surface area contributed by atoms with Crippen LogP contribution in [0.15, 0.2) is 41.7 Å². The van der Waals surface area contributed by atoms with Crippen LogP contribution in [0.5, 0.6) is 34.5 Å². The van der Waals surface area contributed by atoms with Gasteiger partial charge in [-0.05, 0) is 43.0 Å². The third-order valence-electron chi connectivity index (χ3n) is 8.50. The van der Waals surface area contributed by atoms with Crippen LogP contribution >= 0.6 is 11.6 Å². The van der Waals surface area contributed by atoms with Gasteiger partial charge in [0.2, 0.25) is 18.3 Å². The lowest BCUT2D eigenvalue weighted by atomic mass is 9.73.